The number of nitrogens with zero attached hydrogens (tertiary/aromatic N) is 3. The fourth-order valence-corrected chi connectivity index (χ4v) is 4.63. The zero-order valence-electron chi connectivity index (χ0n) is 17.5. The zero-order chi connectivity index (χ0) is 20.3. The van der Waals surface area contributed by atoms with Crippen LogP contribution in [0.3, 0.4) is 0 Å². The summed E-state index contributed by atoms with van der Waals surface area (Å²) in [5.41, 5.74) is 2.34. The average Bonchev–Trinajstić information content (AvgIpc) is 3.09. The fraction of sp³-hybridized carbons (Fsp3) is 0.810. The number of aliphatic hydroxyl groups is 1. The summed E-state index contributed by atoms with van der Waals surface area (Å²) in [5, 5.41) is 9.62. The third-order valence-corrected chi connectivity index (χ3v) is 6.09. The highest BCUT2D eigenvalue weighted by Crippen LogP contribution is 2.31. The number of likely N-dealkylation sites (tertiary alicyclic amines) is 1. The smallest absolute Gasteiger partial charge is 0.242 e. The Morgan fingerprint density at radius 3 is 2.36 bits per heavy atom. The zero-order valence-corrected chi connectivity index (χ0v) is 17.5. The summed E-state index contributed by atoms with van der Waals surface area (Å²) in [6.07, 6.45) is 4.56. The summed E-state index contributed by atoms with van der Waals surface area (Å²) >= 11 is 0. The second kappa shape index (κ2) is 9.27. The van der Waals surface area contributed by atoms with E-state index in [-0.39, 0.29) is 30.1 Å². The first-order valence-corrected chi connectivity index (χ1v) is 10.6. The molecule has 0 radical (unpaired) electrons. The van der Waals surface area contributed by atoms with Gasteiger partial charge in [0.1, 0.15) is 0 Å². The van der Waals surface area contributed by atoms with Crippen molar-refractivity contribution < 1.29 is 19.4 Å². The van der Waals surface area contributed by atoms with Gasteiger partial charge in [-0.3, -0.25) is 9.59 Å². The van der Waals surface area contributed by atoms with E-state index in [9.17, 15) is 14.7 Å². The number of morpholine rings is 1. The van der Waals surface area contributed by atoms with E-state index in [1.165, 1.54) is 5.57 Å². The Hall–Kier alpha value is -1.60. The van der Waals surface area contributed by atoms with Gasteiger partial charge in [-0.1, -0.05) is 0 Å². The van der Waals surface area contributed by atoms with Gasteiger partial charge in [-0.05, 0) is 51.5 Å². The molecule has 2 unspecified atom stereocenters. The molecule has 2 atom stereocenters. The first-order valence-electron chi connectivity index (χ1n) is 10.6. The molecule has 28 heavy (non-hydrogen) atoms. The molecular formula is C21H35N3O4. The highest BCUT2D eigenvalue weighted by atomic mass is 16.5. The summed E-state index contributed by atoms with van der Waals surface area (Å²) in [6.45, 7) is 6.93. The van der Waals surface area contributed by atoms with Crippen LogP contribution in [0.5, 0.6) is 0 Å². The van der Waals surface area contributed by atoms with E-state index in [2.05, 4.69) is 0 Å². The number of likely N-dealkylation sites (N-methyl/N-ethyl adjacent to an activating group) is 1. The number of carbonyl (C=O) groups is 2. The highest BCUT2D eigenvalue weighted by molar-refractivity contribution is 5.80. The molecule has 2 amide bonds. The molecule has 0 spiro atoms. The Labute approximate surface area is 168 Å². The number of ether oxygens (including phenoxy) is 1. The van der Waals surface area contributed by atoms with Crippen molar-refractivity contribution >= 4 is 11.8 Å². The monoisotopic (exact) mass is 393 g/mol. The van der Waals surface area contributed by atoms with Crippen LogP contribution in [0.1, 0.15) is 52.4 Å². The van der Waals surface area contributed by atoms with E-state index in [1.807, 2.05) is 35.6 Å². The SMILES string of the molecule is CC1CN(C(=O)CC2=C(N(C)CC(=O)N3CCC(O)CC3)CCC2)CC(C)O1. The van der Waals surface area contributed by atoms with Crippen LogP contribution >= 0.6 is 0 Å². The minimum atomic E-state index is -0.275. The van der Waals surface area contributed by atoms with Crippen molar-refractivity contribution in [3.05, 3.63) is 11.3 Å². The van der Waals surface area contributed by atoms with Crippen molar-refractivity contribution in [2.45, 2.75) is 70.7 Å². The number of amides is 2. The normalized spacial score (nSPS) is 26.7. The van der Waals surface area contributed by atoms with E-state index < -0.39 is 0 Å². The molecule has 3 aliphatic rings. The van der Waals surface area contributed by atoms with Crippen LogP contribution in [0.15, 0.2) is 11.3 Å². The van der Waals surface area contributed by atoms with Crippen LogP contribution in [-0.2, 0) is 14.3 Å². The van der Waals surface area contributed by atoms with Crippen LogP contribution in [0, 0.1) is 0 Å². The summed E-state index contributed by atoms with van der Waals surface area (Å²) in [4.78, 5) is 31.2. The van der Waals surface area contributed by atoms with E-state index in [1.54, 1.807) is 0 Å². The Kier molecular flexibility index (Phi) is 6.99. The molecule has 2 aliphatic heterocycles. The van der Waals surface area contributed by atoms with Gasteiger partial charge in [-0.15, -0.1) is 0 Å². The maximum atomic E-state index is 12.8. The Morgan fingerprint density at radius 1 is 1.07 bits per heavy atom. The number of aliphatic hydroxyl groups excluding tert-OH is 1. The van der Waals surface area contributed by atoms with Gasteiger partial charge in [0.15, 0.2) is 0 Å². The maximum absolute atomic E-state index is 12.8. The standard InChI is InChI=1S/C21H35N3O4/c1-15-12-24(13-16(2)28-15)20(26)11-17-5-4-6-19(17)22(3)14-21(27)23-9-7-18(25)8-10-23/h15-16,18,25H,4-14H2,1-3H3. The molecule has 1 N–H and O–H groups in total. The molecule has 1 aliphatic carbocycles. The molecule has 7 nitrogen and oxygen atoms in total. The van der Waals surface area contributed by atoms with Gasteiger partial charge in [0.2, 0.25) is 11.8 Å². The molecular weight excluding hydrogens is 358 g/mol. The van der Waals surface area contributed by atoms with Gasteiger partial charge in [0, 0.05) is 45.3 Å². The lowest BCUT2D eigenvalue weighted by molar-refractivity contribution is -0.142. The Balaban J connectivity index is 1.57. The summed E-state index contributed by atoms with van der Waals surface area (Å²) < 4.78 is 5.73. The van der Waals surface area contributed by atoms with Crippen LogP contribution in [0.2, 0.25) is 0 Å². The van der Waals surface area contributed by atoms with Crippen LogP contribution in [-0.4, -0.2) is 89.7 Å². The maximum Gasteiger partial charge on any atom is 0.242 e. The van der Waals surface area contributed by atoms with Crippen molar-refractivity contribution in [1.82, 2.24) is 14.7 Å². The van der Waals surface area contributed by atoms with Gasteiger partial charge in [-0.2, -0.15) is 0 Å². The summed E-state index contributed by atoms with van der Waals surface area (Å²) in [5.74, 6) is 0.274. The van der Waals surface area contributed by atoms with E-state index in [4.69, 9.17) is 4.74 Å². The van der Waals surface area contributed by atoms with E-state index in [0.29, 0.717) is 52.0 Å². The second-order valence-corrected chi connectivity index (χ2v) is 8.60. The van der Waals surface area contributed by atoms with Crippen LogP contribution in [0.4, 0.5) is 0 Å². The lowest BCUT2D eigenvalue weighted by Crippen LogP contribution is -2.48. The van der Waals surface area contributed by atoms with Crippen molar-refractivity contribution in [2.75, 3.05) is 39.8 Å². The quantitative estimate of drug-likeness (QED) is 0.764. The molecule has 3 rings (SSSR count). The summed E-state index contributed by atoms with van der Waals surface area (Å²) in [7, 11) is 1.96. The first-order chi connectivity index (χ1) is 13.3. The first kappa shape index (κ1) is 21.1. The fourth-order valence-electron chi connectivity index (χ4n) is 4.63. The molecule has 0 aromatic rings. The molecule has 158 valence electrons. The number of carbonyl (C=O) groups excluding carboxylic acids is 2. The number of rotatable bonds is 5. The number of allylic oxidation sites excluding steroid dienone is 1. The molecule has 2 heterocycles. The van der Waals surface area contributed by atoms with Crippen LogP contribution in [0.25, 0.3) is 0 Å². The largest absolute Gasteiger partial charge is 0.393 e. The van der Waals surface area contributed by atoms with E-state index >= 15 is 0 Å². The van der Waals surface area contributed by atoms with Crippen LogP contribution < -0.4 is 0 Å². The number of hydrogen-bond acceptors (Lipinski definition) is 5. The number of piperidine rings is 1. The summed E-state index contributed by atoms with van der Waals surface area (Å²) in [6, 6.07) is 0. The van der Waals surface area contributed by atoms with Gasteiger partial charge >= 0.3 is 0 Å². The minimum absolute atomic E-state index is 0.0769. The predicted molar refractivity (Wildman–Crippen MR) is 107 cm³/mol. The minimum Gasteiger partial charge on any atom is -0.393 e. The van der Waals surface area contributed by atoms with Gasteiger partial charge < -0.3 is 24.5 Å². The molecule has 2 saturated heterocycles. The van der Waals surface area contributed by atoms with Crippen molar-refractivity contribution in [1.29, 1.82) is 0 Å². The van der Waals surface area contributed by atoms with E-state index in [0.717, 1.165) is 25.0 Å². The third-order valence-electron chi connectivity index (χ3n) is 6.09. The highest BCUT2D eigenvalue weighted by Gasteiger charge is 2.29. The van der Waals surface area contributed by atoms with Crippen molar-refractivity contribution in [2.24, 2.45) is 0 Å². The number of hydrogen-bond donors (Lipinski definition) is 1. The van der Waals surface area contributed by atoms with Crippen molar-refractivity contribution in [3.63, 3.8) is 0 Å². The molecule has 0 bridgehead atoms. The lowest BCUT2D eigenvalue weighted by atomic mass is 10.1. The Morgan fingerprint density at radius 2 is 1.71 bits per heavy atom. The molecule has 2 fully saturated rings. The predicted octanol–water partition coefficient (Wildman–Crippen LogP) is 1.37. The second-order valence-electron chi connectivity index (χ2n) is 8.60. The Bertz CT molecular complexity index is 603. The average molecular weight is 394 g/mol. The molecule has 0 aromatic heterocycles. The molecule has 0 aromatic carbocycles. The lowest BCUT2D eigenvalue weighted by Gasteiger charge is -2.35. The van der Waals surface area contributed by atoms with Gasteiger partial charge in [0.25, 0.3) is 0 Å². The van der Waals surface area contributed by atoms with Gasteiger partial charge in [0.05, 0.1) is 24.9 Å². The third kappa shape index (κ3) is 5.26. The topological polar surface area (TPSA) is 73.3 Å². The molecule has 0 saturated carbocycles. The van der Waals surface area contributed by atoms with Gasteiger partial charge in [-0.25, -0.2) is 0 Å². The molecule has 7 heteroatoms. The van der Waals surface area contributed by atoms with Crippen molar-refractivity contribution in [3.8, 4) is 0 Å².